The van der Waals surface area contributed by atoms with Crippen molar-refractivity contribution in [2.75, 3.05) is 13.7 Å². The fourth-order valence-electron chi connectivity index (χ4n) is 1.06. The lowest BCUT2D eigenvalue weighted by molar-refractivity contribution is -0.134. The summed E-state index contributed by atoms with van der Waals surface area (Å²) in [6, 6.07) is 6.89. The van der Waals surface area contributed by atoms with Crippen LogP contribution in [0.15, 0.2) is 24.3 Å². The number of benzene rings is 1. The highest BCUT2D eigenvalue weighted by molar-refractivity contribution is 6.32. The third-order valence-corrected chi connectivity index (χ3v) is 2.10. The van der Waals surface area contributed by atoms with E-state index < -0.39 is 0 Å². The Hall–Kier alpha value is -1.06. The van der Waals surface area contributed by atoms with Crippen molar-refractivity contribution in [2.45, 2.75) is 12.8 Å². The second-order valence-electron chi connectivity index (χ2n) is 3.00. The van der Waals surface area contributed by atoms with Gasteiger partial charge in [0, 0.05) is 20.1 Å². The van der Waals surface area contributed by atoms with Gasteiger partial charge in [-0.2, -0.15) is 0 Å². The summed E-state index contributed by atoms with van der Waals surface area (Å²) in [5.41, 5.74) is 0. The van der Waals surface area contributed by atoms with Gasteiger partial charge in [-0.15, -0.1) is 0 Å². The Kier molecular flexibility index (Phi) is 5.15. The monoisotopic (exact) mass is 228 g/mol. The first-order valence-electron chi connectivity index (χ1n) is 4.68. The smallest absolute Gasteiger partial charge is 0.311 e. The van der Waals surface area contributed by atoms with E-state index in [1.165, 1.54) is 0 Å². The molecule has 0 radical (unpaired) electrons. The fraction of sp³-hybridized carbons (Fsp3) is 0.364. The van der Waals surface area contributed by atoms with Crippen LogP contribution in [0.2, 0.25) is 5.02 Å². The molecule has 4 heteroatoms. The molecule has 0 aliphatic rings. The molecule has 0 bridgehead atoms. The van der Waals surface area contributed by atoms with Crippen LogP contribution < -0.4 is 4.74 Å². The van der Waals surface area contributed by atoms with Gasteiger partial charge < -0.3 is 9.47 Å². The molecule has 3 nitrogen and oxygen atoms in total. The molecule has 0 N–H and O–H groups in total. The highest BCUT2D eigenvalue weighted by atomic mass is 35.5. The average molecular weight is 229 g/mol. The Balaban J connectivity index is 2.41. The van der Waals surface area contributed by atoms with Gasteiger partial charge in [-0.1, -0.05) is 23.7 Å². The van der Waals surface area contributed by atoms with Gasteiger partial charge >= 0.3 is 5.97 Å². The maximum atomic E-state index is 11.3. The van der Waals surface area contributed by atoms with Gasteiger partial charge in [-0.25, -0.2) is 0 Å². The van der Waals surface area contributed by atoms with Crippen molar-refractivity contribution in [2.24, 2.45) is 0 Å². The maximum Gasteiger partial charge on any atom is 0.311 e. The summed E-state index contributed by atoms with van der Waals surface area (Å²) < 4.78 is 9.90. The van der Waals surface area contributed by atoms with E-state index in [4.69, 9.17) is 21.1 Å². The summed E-state index contributed by atoms with van der Waals surface area (Å²) in [5.74, 6) is 0.113. The molecule has 15 heavy (non-hydrogen) atoms. The summed E-state index contributed by atoms with van der Waals surface area (Å²) in [7, 11) is 1.60. The predicted octanol–water partition coefficient (Wildman–Crippen LogP) is 2.67. The van der Waals surface area contributed by atoms with Crippen LogP contribution >= 0.6 is 11.6 Å². The lowest BCUT2D eigenvalue weighted by Gasteiger charge is -2.05. The van der Waals surface area contributed by atoms with Gasteiger partial charge in [0.05, 0.1) is 5.02 Å². The van der Waals surface area contributed by atoms with Gasteiger partial charge in [0.1, 0.15) is 5.75 Å². The SMILES string of the molecule is COCCCC(=O)Oc1ccccc1Cl. The Morgan fingerprint density at radius 3 is 2.80 bits per heavy atom. The number of hydrogen-bond acceptors (Lipinski definition) is 3. The summed E-state index contributed by atoms with van der Waals surface area (Å²) in [6.45, 7) is 0.553. The van der Waals surface area contributed by atoms with Crippen LogP contribution in [-0.2, 0) is 9.53 Å². The van der Waals surface area contributed by atoms with E-state index >= 15 is 0 Å². The van der Waals surface area contributed by atoms with Crippen molar-refractivity contribution < 1.29 is 14.3 Å². The molecule has 0 heterocycles. The number of carbonyl (C=O) groups is 1. The average Bonchev–Trinajstić information content (AvgIpc) is 2.22. The summed E-state index contributed by atoms with van der Waals surface area (Å²) >= 11 is 5.83. The number of rotatable bonds is 5. The first kappa shape index (κ1) is 12.0. The van der Waals surface area contributed by atoms with Crippen LogP contribution in [0.4, 0.5) is 0 Å². The quantitative estimate of drug-likeness (QED) is 0.442. The number of halogens is 1. The van der Waals surface area contributed by atoms with E-state index in [2.05, 4.69) is 0 Å². The third-order valence-electron chi connectivity index (χ3n) is 1.79. The molecule has 0 aliphatic heterocycles. The molecule has 0 aromatic heterocycles. The predicted molar refractivity (Wildman–Crippen MR) is 58.2 cm³/mol. The van der Waals surface area contributed by atoms with Gasteiger partial charge in [0.25, 0.3) is 0 Å². The minimum atomic E-state index is -0.292. The number of para-hydroxylation sites is 1. The van der Waals surface area contributed by atoms with Crippen molar-refractivity contribution in [1.29, 1.82) is 0 Å². The summed E-state index contributed by atoms with van der Waals surface area (Å²) in [5, 5.41) is 0.442. The minimum absolute atomic E-state index is 0.292. The zero-order valence-corrected chi connectivity index (χ0v) is 9.29. The van der Waals surface area contributed by atoms with E-state index in [1.54, 1.807) is 31.4 Å². The zero-order chi connectivity index (χ0) is 11.1. The summed E-state index contributed by atoms with van der Waals surface area (Å²) in [4.78, 5) is 11.3. The van der Waals surface area contributed by atoms with Gasteiger partial charge in [-0.05, 0) is 18.6 Å². The molecular weight excluding hydrogens is 216 g/mol. The van der Waals surface area contributed by atoms with Crippen LogP contribution in [0.5, 0.6) is 5.75 Å². The standard InChI is InChI=1S/C11H13ClO3/c1-14-8-4-7-11(13)15-10-6-3-2-5-9(10)12/h2-3,5-6H,4,7-8H2,1H3. The van der Waals surface area contributed by atoms with Crippen LogP contribution in [0.25, 0.3) is 0 Å². The second kappa shape index (κ2) is 6.43. The minimum Gasteiger partial charge on any atom is -0.425 e. The Morgan fingerprint density at radius 1 is 1.40 bits per heavy atom. The van der Waals surface area contributed by atoms with Crippen molar-refractivity contribution in [1.82, 2.24) is 0 Å². The molecule has 1 aromatic carbocycles. The number of hydrogen-bond donors (Lipinski definition) is 0. The van der Waals surface area contributed by atoms with Crippen LogP contribution in [0, 0.1) is 0 Å². The largest absolute Gasteiger partial charge is 0.425 e. The Morgan fingerprint density at radius 2 is 2.13 bits per heavy atom. The van der Waals surface area contributed by atoms with Crippen LogP contribution in [0.3, 0.4) is 0 Å². The third kappa shape index (κ3) is 4.32. The van der Waals surface area contributed by atoms with E-state index in [0.717, 1.165) is 0 Å². The highest BCUT2D eigenvalue weighted by Gasteiger charge is 2.06. The molecule has 0 fully saturated rings. The highest BCUT2D eigenvalue weighted by Crippen LogP contribution is 2.23. The molecule has 1 rings (SSSR count). The van der Waals surface area contributed by atoms with Gasteiger partial charge in [0.2, 0.25) is 0 Å². The first-order valence-corrected chi connectivity index (χ1v) is 5.06. The van der Waals surface area contributed by atoms with Crippen molar-refractivity contribution in [3.8, 4) is 5.75 Å². The molecule has 0 unspecified atom stereocenters. The van der Waals surface area contributed by atoms with Gasteiger partial charge in [-0.3, -0.25) is 4.79 Å². The number of carbonyl (C=O) groups excluding carboxylic acids is 1. The Bertz CT molecular complexity index is 325. The van der Waals surface area contributed by atoms with E-state index in [1.807, 2.05) is 0 Å². The molecule has 0 amide bonds. The molecule has 82 valence electrons. The summed E-state index contributed by atoms with van der Waals surface area (Å²) in [6.07, 6.45) is 0.985. The lowest BCUT2D eigenvalue weighted by Crippen LogP contribution is -2.08. The molecular formula is C11H13ClO3. The number of esters is 1. The fourth-order valence-corrected chi connectivity index (χ4v) is 1.24. The van der Waals surface area contributed by atoms with Crippen molar-refractivity contribution in [3.05, 3.63) is 29.3 Å². The van der Waals surface area contributed by atoms with Crippen molar-refractivity contribution >= 4 is 17.6 Å². The second-order valence-corrected chi connectivity index (χ2v) is 3.41. The molecule has 0 saturated carbocycles. The molecule has 1 aromatic rings. The van der Waals surface area contributed by atoms with Crippen LogP contribution in [0.1, 0.15) is 12.8 Å². The first-order chi connectivity index (χ1) is 7.24. The van der Waals surface area contributed by atoms with Gasteiger partial charge in [0.15, 0.2) is 0 Å². The number of ether oxygens (including phenoxy) is 2. The van der Waals surface area contributed by atoms with E-state index in [0.29, 0.717) is 30.2 Å². The normalized spacial score (nSPS) is 10.0. The molecule has 0 spiro atoms. The van der Waals surface area contributed by atoms with E-state index in [9.17, 15) is 4.79 Å². The Labute approximate surface area is 93.9 Å². The molecule has 0 aliphatic carbocycles. The number of methoxy groups -OCH3 is 1. The van der Waals surface area contributed by atoms with Crippen LogP contribution in [-0.4, -0.2) is 19.7 Å². The van der Waals surface area contributed by atoms with Crippen molar-refractivity contribution in [3.63, 3.8) is 0 Å². The lowest BCUT2D eigenvalue weighted by atomic mass is 10.3. The van der Waals surface area contributed by atoms with E-state index in [-0.39, 0.29) is 5.97 Å². The zero-order valence-electron chi connectivity index (χ0n) is 8.53. The topological polar surface area (TPSA) is 35.5 Å². The molecule has 0 saturated heterocycles. The maximum absolute atomic E-state index is 11.3. The molecule has 0 atom stereocenters.